The van der Waals surface area contributed by atoms with Crippen molar-refractivity contribution in [2.75, 3.05) is 0 Å². The summed E-state index contributed by atoms with van der Waals surface area (Å²) in [6.07, 6.45) is -1.12. The molecule has 4 rings (SSSR count). The van der Waals surface area contributed by atoms with Gasteiger partial charge < -0.3 is 9.84 Å². The van der Waals surface area contributed by atoms with E-state index in [9.17, 15) is 9.90 Å². The van der Waals surface area contributed by atoms with Gasteiger partial charge >= 0.3 is 5.97 Å². The van der Waals surface area contributed by atoms with E-state index < -0.39 is 17.7 Å². The second kappa shape index (κ2) is 7.16. The number of thiazole rings is 1. The van der Waals surface area contributed by atoms with Gasteiger partial charge in [0, 0.05) is 21.7 Å². The Kier molecular flexibility index (Phi) is 4.93. The van der Waals surface area contributed by atoms with E-state index in [1.54, 1.807) is 22.7 Å². The van der Waals surface area contributed by atoms with E-state index in [0.29, 0.717) is 11.3 Å². The molecule has 29 heavy (non-hydrogen) atoms. The molecule has 3 aromatic heterocycles. The van der Waals surface area contributed by atoms with Gasteiger partial charge in [0.1, 0.15) is 0 Å². The minimum absolute atomic E-state index is 0.608. The Morgan fingerprint density at radius 3 is 2.62 bits per heavy atom. The third-order valence-electron chi connectivity index (χ3n) is 4.59. The standard InChI is InChI=1S/C22H22N2O3S2/c1-11-8-15-20(29-11)18(13-6-7-16-14(9-13)23-10-28-16)17(12(2)24-15)19(21(25)26)27-22(3,4)5/h6-10,19H,1-5H3,(H,25,26)/t19-/m0/s1. The smallest absolute Gasteiger partial charge is 0.337 e. The number of aryl methyl sites for hydroxylation is 2. The van der Waals surface area contributed by atoms with E-state index in [1.165, 1.54) is 0 Å². The van der Waals surface area contributed by atoms with Crippen LogP contribution in [0.1, 0.15) is 43.0 Å². The first-order valence-corrected chi connectivity index (χ1v) is 11.0. The van der Waals surface area contributed by atoms with Crippen LogP contribution < -0.4 is 0 Å². The number of aromatic nitrogens is 2. The summed E-state index contributed by atoms with van der Waals surface area (Å²) in [6, 6.07) is 8.13. The highest BCUT2D eigenvalue weighted by atomic mass is 32.1. The monoisotopic (exact) mass is 426 g/mol. The summed E-state index contributed by atoms with van der Waals surface area (Å²) in [5, 5.41) is 10.0. The van der Waals surface area contributed by atoms with Crippen LogP contribution in [0, 0.1) is 13.8 Å². The Bertz CT molecular complexity index is 1230. The molecule has 0 unspecified atom stereocenters. The van der Waals surface area contributed by atoms with Gasteiger partial charge in [-0.1, -0.05) is 6.07 Å². The van der Waals surface area contributed by atoms with Gasteiger partial charge in [-0.15, -0.1) is 22.7 Å². The molecule has 150 valence electrons. The molecule has 0 saturated heterocycles. The molecule has 0 aliphatic rings. The van der Waals surface area contributed by atoms with Gasteiger partial charge in [-0.2, -0.15) is 0 Å². The molecule has 1 aromatic carbocycles. The number of benzene rings is 1. The molecule has 0 radical (unpaired) electrons. The molecule has 0 spiro atoms. The molecular formula is C22H22N2O3S2. The normalized spacial score (nSPS) is 13.3. The van der Waals surface area contributed by atoms with E-state index in [1.807, 2.05) is 64.4 Å². The summed E-state index contributed by atoms with van der Waals surface area (Å²) in [5.41, 5.74) is 6.06. The van der Waals surface area contributed by atoms with Crippen LogP contribution in [-0.4, -0.2) is 26.6 Å². The van der Waals surface area contributed by atoms with Gasteiger partial charge in [-0.3, -0.25) is 4.98 Å². The number of hydrogen-bond donors (Lipinski definition) is 1. The molecule has 3 heterocycles. The van der Waals surface area contributed by atoms with Gasteiger partial charge in [-0.05, 0) is 58.4 Å². The van der Waals surface area contributed by atoms with E-state index in [-0.39, 0.29) is 0 Å². The fraction of sp³-hybridized carbons (Fsp3) is 0.318. The van der Waals surface area contributed by atoms with E-state index in [4.69, 9.17) is 9.72 Å². The number of aliphatic carboxylic acids is 1. The second-order valence-electron chi connectivity index (χ2n) is 8.04. The SMILES string of the molecule is Cc1cc2nc(C)c([C@H](OC(C)(C)C)C(=O)O)c(-c3ccc4scnc4c3)c2s1. The minimum Gasteiger partial charge on any atom is -0.479 e. The van der Waals surface area contributed by atoms with Crippen molar-refractivity contribution < 1.29 is 14.6 Å². The summed E-state index contributed by atoms with van der Waals surface area (Å²) in [6.45, 7) is 9.48. The van der Waals surface area contributed by atoms with E-state index >= 15 is 0 Å². The number of fused-ring (bicyclic) bond motifs is 2. The number of pyridine rings is 1. The number of ether oxygens (including phenoxy) is 1. The molecule has 7 heteroatoms. The van der Waals surface area contributed by atoms with Crippen LogP contribution in [0.5, 0.6) is 0 Å². The van der Waals surface area contributed by atoms with Gasteiger partial charge in [0.05, 0.1) is 31.5 Å². The number of carboxylic acid groups (broad SMARTS) is 1. The molecule has 0 aliphatic heterocycles. The highest BCUT2D eigenvalue weighted by Crippen LogP contribution is 2.42. The Balaban J connectivity index is 2.06. The lowest BCUT2D eigenvalue weighted by molar-refractivity contribution is -0.160. The van der Waals surface area contributed by atoms with Crippen molar-refractivity contribution >= 4 is 49.1 Å². The summed E-state index contributed by atoms with van der Waals surface area (Å²) >= 11 is 3.21. The van der Waals surface area contributed by atoms with Crippen LogP contribution in [0.25, 0.3) is 31.6 Å². The molecule has 0 bridgehead atoms. The zero-order chi connectivity index (χ0) is 20.9. The van der Waals surface area contributed by atoms with Crippen LogP contribution in [0.4, 0.5) is 0 Å². The van der Waals surface area contributed by atoms with Crippen LogP contribution in [0.15, 0.2) is 29.8 Å². The number of hydrogen-bond acceptors (Lipinski definition) is 6. The largest absolute Gasteiger partial charge is 0.479 e. The number of carboxylic acids is 1. The topological polar surface area (TPSA) is 72.3 Å². The fourth-order valence-electron chi connectivity index (χ4n) is 3.51. The lowest BCUT2D eigenvalue weighted by Gasteiger charge is -2.27. The van der Waals surface area contributed by atoms with Crippen molar-refractivity contribution in [3.8, 4) is 11.1 Å². The number of carbonyl (C=O) groups is 1. The maximum absolute atomic E-state index is 12.3. The molecule has 5 nitrogen and oxygen atoms in total. The Morgan fingerprint density at radius 1 is 1.17 bits per heavy atom. The molecule has 1 atom stereocenters. The lowest BCUT2D eigenvalue weighted by atomic mass is 9.94. The quantitative estimate of drug-likeness (QED) is 0.425. The molecule has 0 fully saturated rings. The summed E-state index contributed by atoms with van der Waals surface area (Å²) in [5.74, 6) is -1.02. The zero-order valence-electron chi connectivity index (χ0n) is 16.9. The van der Waals surface area contributed by atoms with Crippen LogP contribution in [0.3, 0.4) is 0 Å². The Morgan fingerprint density at radius 2 is 1.93 bits per heavy atom. The van der Waals surface area contributed by atoms with Crippen LogP contribution in [0.2, 0.25) is 0 Å². The zero-order valence-corrected chi connectivity index (χ0v) is 18.6. The van der Waals surface area contributed by atoms with Gasteiger partial charge in [-0.25, -0.2) is 9.78 Å². The van der Waals surface area contributed by atoms with Crippen molar-refractivity contribution in [3.63, 3.8) is 0 Å². The first-order valence-electron chi connectivity index (χ1n) is 9.29. The van der Waals surface area contributed by atoms with Crippen molar-refractivity contribution in [1.29, 1.82) is 0 Å². The Labute approximate surface area is 177 Å². The molecular weight excluding hydrogens is 404 g/mol. The van der Waals surface area contributed by atoms with Gasteiger partial charge in [0.15, 0.2) is 6.10 Å². The highest BCUT2D eigenvalue weighted by Gasteiger charge is 2.32. The predicted octanol–water partition coefficient (Wildman–Crippen LogP) is 6.13. The molecule has 0 saturated carbocycles. The first kappa shape index (κ1) is 19.9. The third kappa shape index (κ3) is 3.77. The highest BCUT2D eigenvalue weighted by molar-refractivity contribution is 7.19. The number of thiophene rings is 1. The van der Waals surface area contributed by atoms with Crippen molar-refractivity contribution in [2.45, 2.75) is 46.3 Å². The first-order chi connectivity index (χ1) is 13.6. The summed E-state index contributed by atoms with van der Waals surface area (Å²) in [4.78, 5) is 22.6. The average molecular weight is 427 g/mol. The number of nitrogens with zero attached hydrogens (tertiary/aromatic N) is 2. The maximum atomic E-state index is 12.3. The van der Waals surface area contributed by atoms with Crippen molar-refractivity contribution in [1.82, 2.24) is 9.97 Å². The average Bonchev–Trinajstić information content (AvgIpc) is 3.22. The molecule has 4 aromatic rings. The predicted molar refractivity (Wildman–Crippen MR) is 119 cm³/mol. The Hall–Kier alpha value is -2.35. The third-order valence-corrected chi connectivity index (χ3v) is 6.45. The molecule has 1 N–H and O–H groups in total. The fourth-order valence-corrected chi connectivity index (χ4v) is 5.20. The van der Waals surface area contributed by atoms with E-state index in [0.717, 1.165) is 36.4 Å². The van der Waals surface area contributed by atoms with Gasteiger partial charge in [0.25, 0.3) is 0 Å². The van der Waals surface area contributed by atoms with Crippen LogP contribution in [-0.2, 0) is 9.53 Å². The number of rotatable bonds is 4. The minimum atomic E-state index is -1.12. The van der Waals surface area contributed by atoms with Crippen LogP contribution >= 0.6 is 22.7 Å². The molecule has 0 aliphatic carbocycles. The summed E-state index contributed by atoms with van der Waals surface area (Å²) in [7, 11) is 0. The lowest BCUT2D eigenvalue weighted by Crippen LogP contribution is -2.28. The summed E-state index contributed by atoms with van der Waals surface area (Å²) < 4.78 is 8.08. The van der Waals surface area contributed by atoms with Crippen molar-refractivity contribution in [2.24, 2.45) is 0 Å². The van der Waals surface area contributed by atoms with Gasteiger partial charge in [0.2, 0.25) is 0 Å². The maximum Gasteiger partial charge on any atom is 0.337 e. The van der Waals surface area contributed by atoms with Crippen molar-refractivity contribution in [3.05, 3.63) is 45.9 Å². The van der Waals surface area contributed by atoms with E-state index in [2.05, 4.69) is 4.98 Å². The second-order valence-corrected chi connectivity index (χ2v) is 10.2. The molecule has 0 amide bonds.